The molecule has 1 heterocycles. The summed E-state index contributed by atoms with van der Waals surface area (Å²) in [6.45, 7) is 8.27. The van der Waals surface area contributed by atoms with Crippen LogP contribution in [-0.2, 0) is 11.3 Å². The molecule has 2 N–H and O–H groups in total. The molecule has 0 bridgehead atoms. The van der Waals surface area contributed by atoms with Crippen molar-refractivity contribution in [3.63, 3.8) is 0 Å². The molecule has 0 spiro atoms. The van der Waals surface area contributed by atoms with Crippen molar-refractivity contribution in [2.24, 2.45) is 11.1 Å². The van der Waals surface area contributed by atoms with Gasteiger partial charge in [0, 0.05) is 17.8 Å². The fourth-order valence-electron chi connectivity index (χ4n) is 2.05. The van der Waals surface area contributed by atoms with Crippen molar-refractivity contribution in [1.82, 2.24) is 9.88 Å². The SMILES string of the molecule is CC(C)(N)C(C)(C)C(=O)N(Cc1ccccn1)C1CC1. The first-order valence-corrected chi connectivity index (χ1v) is 7.23. The lowest BCUT2D eigenvalue weighted by Gasteiger charge is -2.40. The number of hydrogen-bond donors (Lipinski definition) is 1. The van der Waals surface area contributed by atoms with E-state index < -0.39 is 11.0 Å². The van der Waals surface area contributed by atoms with Gasteiger partial charge in [0.05, 0.1) is 17.7 Å². The molecule has 0 saturated heterocycles. The van der Waals surface area contributed by atoms with Crippen molar-refractivity contribution >= 4 is 5.91 Å². The van der Waals surface area contributed by atoms with Crippen LogP contribution < -0.4 is 5.73 Å². The Bertz CT molecular complexity index is 472. The van der Waals surface area contributed by atoms with Crippen LogP contribution in [0.25, 0.3) is 0 Å². The summed E-state index contributed by atoms with van der Waals surface area (Å²) in [5, 5.41) is 0. The Labute approximate surface area is 121 Å². The molecule has 1 saturated carbocycles. The standard InChI is InChI=1S/C16H25N3O/c1-15(2,16(3,4)17)14(20)19(13-8-9-13)11-12-7-5-6-10-18-12/h5-7,10,13H,8-9,11,17H2,1-4H3. The maximum absolute atomic E-state index is 12.9. The van der Waals surface area contributed by atoms with Gasteiger partial charge in [-0.25, -0.2) is 0 Å². The van der Waals surface area contributed by atoms with E-state index in [2.05, 4.69) is 4.98 Å². The molecule has 1 fully saturated rings. The second kappa shape index (κ2) is 5.17. The quantitative estimate of drug-likeness (QED) is 0.897. The van der Waals surface area contributed by atoms with Crippen LogP contribution in [0, 0.1) is 5.41 Å². The van der Waals surface area contributed by atoms with E-state index in [-0.39, 0.29) is 5.91 Å². The fraction of sp³-hybridized carbons (Fsp3) is 0.625. The van der Waals surface area contributed by atoms with Gasteiger partial charge >= 0.3 is 0 Å². The molecule has 1 aromatic heterocycles. The van der Waals surface area contributed by atoms with Gasteiger partial charge in [-0.1, -0.05) is 6.07 Å². The van der Waals surface area contributed by atoms with Gasteiger partial charge in [0.1, 0.15) is 0 Å². The summed E-state index contributed by atoms with van der Waals surface area (Å²) in [7, 11) is 0. The van der Waals surface area contributed by atoms with Gasteiger partial charge in [0.15, 0.2) is 0 Å². The minimum atomic E-state index is -0.593. The number of carbonyl (C=O) groups excluding carboxylic acids is 1. The van der Waals surface area contributed by atoms with Crippen molar-refractivity contribution in [3.8, 4) is 0 Å². The van der Waals surface area contributed by atoms with E-state index in [9.17, 15) is 4.79 Å². The first kappa shape index (κ1) is 15.0. The lowest BCUT2D eigenvalue weighted by Crippen LogP contribution is -2.56. The summed E-state index contributed by atoms with van der Waals surface area (Å²) < 4.78 is 0. The number of carbonyl (C=O) groups is 1. The van der Waals surface area contributed by atoms with Crippen LogP contribution in [-0.4, -0.2) is 27.4 Å². The third-order valence-electron chi connectivity index (χ3n) is 4.45. The summed E-state index contributed by atoms with van der Waals surface area (Å²) in [5.41, 5.74) is 5.98. The maximum atomic E-state index is 12.9. The second-order valence-corrected chi connectivity index (χ2v) is 6.83. The summed E-state index contributed by atoms with van der Waals surface area (Å²) in [6, 6.07) is 6.16. The normalized spacial score (nSPS) is 16.1. The predicted molar refractivity (Wildman–Crippen MR) is 79.9 cm³/mol. The zero-order chi connectivity index (χ0) is 15.0. The molecular weight excluding hydrogens is 250 g/mol. The number of rotatable bonds is 5. The molecule has 0 aliphatic heterocycles. The first-order valence-electron chi connectivity index (χ1n) is 7.23. The smallest absolute Gasteiger partial charge is 0.230 e. The Kier molecular flexibility index (Phi) is 3.87. The topological polar surface area (TPSA) is 59.2 Å². The highest BCUT2D eigenvalue weighted by atomic mass is 16.2. The highest BCUT2D eigenvalue weighted by molar-refractivity contribution is 5.84. The first-order chi connectivity index (χ1) is 9.23. The van der Waals surface area contributed by atoms with Crippen LogP contribution in [0.4, 0.5) is 0 Å². The molecule has 20 heavy (non-hydrogen) atoms. The van der Waals surface area contributed by atoms with Gasteiger partial charge in [-0.05, 0) is 52.7 Å². The molecule has 0 unspecified atom stereocenters. The number of nitrogens with two attached hydrogens (primary N) is 1. The lowest BCUT2D eigenvalue weighted by atomic mass is 9.74. The molecule has 1 aliphatic rings. The van der Waals surface area contributed by atoms with Crippen LogP contribution in [0.3, 0.4) is 0 Å². The van der Waals surface area contributed by atoms with Crippen LogP contribution in [0.15, 0.2) is 24.4 Å². The zero-order valence-corrected chi connectivity index (χ0v) is 12.9. The summed E-state index contributed by atoms with van der Waals surface area (Å²) in [5.74, 6) is 0.123. The Morgan fingerprint density at radius 3 is 2.45 bits per heavy atom. The Morgan fingerprint density at radius 1 is 1.35 bits per heavy atom. The zero-order valence-electron chi connectivity index (χ0n) is 12.9. The largest absolute Gasteiger partial charge is 0.333 e. The number of aromatic nitrogens is 1. The molecule has 1 aromatic rings. The molecule has 1 aliphatic carbocycles. The summed E-state index contributed by atoms with van der Waals surface area (Å²) >= 11 is 0. The van der Waals surface area contributed by atoms with Gasteiger partial charge in [-0.15, -0.1) is 0 Å². The summed E-state index contributed by atoms with van der Waals surface area (Å²) in [4.78, 5) is 19.2. The van der Waals surface area contributed by atoms with E-state index in [0.29, 0.717) is 12.6 Å². The minimum Gasteiger partial charge on any atom is -0.333 e. The van der Waals surface area contributed by atoms with E-state index in [1.54, 1.807) is 6.20 Å². The van der Waals surface area contributed by atoms with Gasteiger partial charge in [0.2, 0.25) is 5.91 Å². The van der Waals surface area contributed by atoms with Crippen molar-refractivity contribution in [2.45, 2.75) is 58.7 Å². The molecular formula is C16H25N3O. The second-order valence-electron chi connectivity index (χ2n) is 6.83. The van der Waals surface area contributed by atoms with E-state index in [0.717, 1.165) is 18.5 Å². The van der Waals surface area contributed by atoms with Crippen molar-refractivity contribution < 1.29 is 4.79 Å². The number of hydrogen-bond acceptors (Lipinski definition) is 3. The van der Waals surface area contributed by atoms with E-state index in [1.807, 2.05) is 50.8 Å². The van der Waals surface area contributed by atoms with Crippen LogP contribution >= 0.6 is 0 Å². The number of pyridine rings is 1. The van der Waals surface area contributed by atoms with Crippen LogP contribution in [0.5, 0.6) is 0 Å². The molecule has 0 radical (unpaired) electrons. The summed E-state index contributed by atoms with van der Waals surface area (Å²) in [6.07, 6.45) is 3.93. The van der Waals surface area contributed by atoms with Gasteiger partial charge in [-0.2, -0.15) is 0 Å². The van der Waals surface area contributed by atoms with Crippen molar-refractivity contribution in [1.29, 1.82) is 0 Å². The Hall–Kier alpha value is -1.42. The van der Waals surface area contributed by atoms with Crippen molar-refractivity contribution in [2.75, 3.05) is 0 Å². The predicted octanol–water partition coefficient (Wildman–Crippen LogP) is 2.34. The molecule has 1 amide bonds. The third kappa shape index (κ3) is 3.01. The average molecular weight is 275 g/mol. The fourth-order valence-corrected chi connectivity index (χ4v) is 2.05. The lowest BCUT2D eigenvalue weighted by molar-refractivity contribution is -0.144. The van der Waals surface area contributed by atoms with Gasteiger partial charge in [0.25, 0.3) is 0 Å². The molecule has 4 heteroatoms. The average Bonchev–Trinajstić information content (AvgIpc) is 3.19. The molecule has 0 aromatic carbocycles. The Balaban J connectivity index is 2.19. The van der Waals surface area contributed by atoms with E-state index in [4.69, 9.17) is 5.73 Å². The third-order valence-corrected chi connectivity index (χ3v) is 4.45. The number of nitrogens with zero attached hydrogens (tertiary/aromatic N) is 2. The number of amides is 1. The molecule has 4 nitrogen and oxygen atoms in total. The van der Waals surface area contributed by atoms with Gasteiger partial charge < -0.3 is 10.6 Å². The molecule has 2 rings (SSSR count). The van der Waals surface area contributed by atoms with E-state index in [1.165, 1.54) is 0 Å². The minimum absolute atomic E-state index is 0.123. The molecule has 110 valence electrons. The highest BCUT2D eigenvalue weighted by Gasteiger charge is 2.46. The van der Waals surface area contributed by atoms with Crippen LogP contribution in [0.1, 0.15) is 46.2 Å². The highest BCUT2D eigenvalue weighted by Crippen LogP contribution is 2.36. The maximum Gasteiger partial charge on any atom is 0.230 e. The van der Waals surface area contributed by atoms with Gasteiger partial charge in [-0.3, -0.25) is 9.78 Å². The van der Waals surface area contributed by atoms with Crippen molar-refractivity contribution in [3.05, 3.63) is 30.1 Å². The van der Waals surface area contributed by atoms with E-state index >= 15 is 0 Å². The Morgan fingerprint density at radius 2 is 2.00 bits per heavy atom. The monoisotopic (exact) mass is 275 g/mol. The molecule has 0 atom stereocenters. The van der Waals surface area contributed by atoms with Crippen LogP contribution in [0.2, 0.25) is 0 Å².